The van der Waals surface area contributed by atoms with Crippen molar-refractivity contribution in [2.75, 3.05) is 18.4 Å². The Hall–Kier alpha value is -2.32. The average Bonchev–Trinajstić information content (AvgIpc) is 3.31. The number of hydrogen-bond acceptors (Lipinski definition) is 5. The van der Waals surface area contributed by atoms with E-state index in [4.69, 9.17) is 0 Å². The van der Waals surface area contributed by atoms with Crippen LogP contribution in [-0.2, 0) is 4.79 Å². The van der Waals surface area contributed by atoms with Crippen LogP contribution in [0.4, 0.5) is 5.82 Å². The van der Waals surface area contributed by atoms with Gasteiger partial charge >= 0.3 is 0 Å². The topological polar surface area (TPSA) is 78.8 Å². The van der Waals surface area contributed by atoms with Crippen molar-refractivity contribution in [2.24, 2.45) is 5.92 Å². The number of carbonyl (C=O) groups is 1. The summed E-state index contributed by atoms with van der Waals surface area (Å²) in [5, 5.41) is 9.52. The monoisotopic (exact) mass is 436 g/mol. The molecular formula is C23H28N6OS. The number of nitrogens with one attached hydrogen (secondary N) is 2. The van der Waals surface area contributed by atoms with Crippen LogP contribution in [0.5, 0.6) is 0 Å². The number of aromatic amines is 1. The van der Waals surface area contributed by atoms with Crippen molar-refractivity contribution in [3.8, 4) is 11.1 Å². The predicted octanol–water partition coefficient (Wildman–Crippen LogP) is 4.61. The maximum Gasteiger partial charge on any atom is 0.228 e. The molecule has 4 heterocycles. The van der Waals surface area contributed by atoms with Crippen LogP contribution in [0.3, 0.4) is 0 Å². The number of hydrogen-bond donors (Lipinski definition) is 2. The SMILES string of the molecule is O=C(Nc1cc(-c2cnn(C3CN(SC4CCCCC4)C3)c2)c2cc[nH]c2n1)C1CC1. The molecule has 3 aliphatic rings. The Balaban J connectivity index is 1.17. The average molecular weight is 437 g/mol. The molecule has 0 atom stereocenters. The number of H-pyrrole nitrogens is 1. The van der Waals surface area contributed by atoms with E-state index in [1.54, 1.807) is 0 Å². The molecule has 0 bridgehead atoms. The van der Waals surface area contributed by atoms with Crippen LogP contribution in [0.1, 0.15) is 51.0 Å². The van der Waals surface area contributed by atoms with E-state index >= 15 is 0 Å². The maximum absolute atomic E-state index is 12.2. The van der Waals surface area contributed by atoms with E-state index in [0.717, 1.165) is 53.3 Å². The summed E-state index contributed by atoms with van der Waals surface area (Å²) in [6, 6.07) is 4.44. The fraction of sp³-hybridized carbons (Fsp3) is 0.522. The molecule has 3 fully saturated rings. The van der Waals surface area contributed by atoms with Crippen LogP contribution in [0.2, 0.25) is 0 Å². The minimum Gasteiger partial charge on any atom is -0.346 e. The molecule has 2 saturated carbocycles. The highest BCUT2D eigenvalue weighted by Crippen LogP contribution is 2.37. The molecular weight excluding hydrogens is 408 g/mol. The lowest BCUT2D eigenvalue weighted by molar-refractivity contribution is -0.117. The van der Waals surface area contributed by atoms with Crippen molar-refractivity contribution in [3.63, 3.8) is 0 Å². The van der Waals surface area contributed by atoms with Crippen LogP contribution < -0.4 is 5.32 Å². The molecule has 1 aliphatic heterocycles. The van der Waals surface area contributed by atoms with E-state index in [9.17, 15) is 4.79 Å². The number of anilines is 1. The Bertz CT molecular complexity index is 1090. The number of nitrogens with zero attached hydrogens (tertiary/aromatic N) is 4. The summed E-state index contributed by atoms with van der Waals surface area (Å²) in [6.07, 6.45) is 14.8. The highest BCUT2D eigenvalue weighted by Gasteiger charge is 2.32. The van der Waals surface area contributed by atoms with Gasteiger partial charge in [0.25, 0.3) is 0 Å². The lowest BCUT2D eigenvalue weighted by atomic mass is 10.0. The number of carbonyl (C=O) groups excluding carboxylic acids is 1. The Labute approximate surface area is 186 Å². The quantitative estimate of drug-likeness (QED) is 0.552. The molecule has 0 radical (unpaired) electrons. The summed E-state index contributed by atoms with van der Waals surface area (Å²) < 4.78 is 4.61. The first-order valence-electron chi connectivity index (χ1n) is 11.5. The summed E-state index contributed by atoms with van der Waals surface area (Å²) in [4.78, 5) is 20.0. The molecule has 2 N–H and O–H groups in total. The van der Waals surface area contributed by atoms with Crippen molar-refractivity contribution in [1.29, 1.82) is 0 Å². The highest BCUT2D eigenvalue weighted by molar-refractivity contribution is 7.97. The molecule has 0 unspecified atom stereocenters. The first-order chi connectivity index (χ1) is 15.2. The van der Waals surface area contributed by atoms with Crippen LogP contribution in [0.25, 0.3) is 22.2 Å². The highest BCUT2D eigenvalue weighted by atomic mass is 32.2. The van der Waals surface area contributed by atoms with Crippen molar-refractivity contribution in [3.05, 3.63) is 30.7 Å². The maximum atomic E-state index is 12.2. The fourth-order valence-electron chi connectivity index (χ4n) is 4.64. The van der Waals surface area contributed by atoms with E-state index < -0.39 is 0 Å². The van der Waals surface area contributed by atoms with Gasteiger partial charge in [-0.2, -0.15) is 5.10 Å². The zero-order chi connectivity index (χ0) is 20.8. The van der Waals surface area contributed by atoms with Crippen LogP contribution >= 0.6 is 11.9 Å². The zero-order valence-corrected chi connectivity index (χ0v) is 18.4. The Morgan fingerprint density at radius 2 is 2.00 bits per heavy atom. The van der Waals surface area contributed by atoms with Crippen LogP contribution in [0.15, 0.2) is 30.7 Å². The number of aromatic nitrogens is 4. The minimum absolute atomic E-state index is 0.0741. The van der Waals surface area contributed by atoms with E-state index in [1.165, 1.54) is 32.1 Å². The fourth-order valence-corrected chi connectivity index (χ4v) is 6.12. The number of fused-ring (bicyclic) bond motifs is 1. The summed E-state index contributed by atoms with van der Waals surface area (Å²) in [5.74, 6) is 0.832. The lowest BCUT2D eigenvalue weighted by Gasteiger charge is -2.40. The van der Waals surface area contributed by atoms with Crippen molar-refractivity contribution in [2.45, 2.75) is 56.2 Å². The molecule has 2 aliphatic carbocycles. The molecule has 1 saturated heterocycles. The Morgan fingerprint density at radius 3 is 2.81 bits per heavy atom. The van der Waals surface area contributed by atoms with Gasteiger partial charge in [0, 0.05) is 47.6 Å². The van der Waals surface area contributed by atoms with Gasteiger partial charge in [0.05, 0.1) is 12.2 Å². The van der Waals surface area contributed by atoms with Crippen molar-refractivity contribution >= 4 is 34.7 Å². The molecule has 3 aromatic rings. The standard InChI is InChI=1S/C23H28N6OS/c30-23(15-6-7-15)27-21-10-20(19-8-9-24-22(19)26-21)16-11-25-29(12-16)17-13-28(14-17)31-18-4-2-1-3-5-18/h8-12,15,17-18H,1-7,13-14H2,(H2,24,26,27,30). The molecule has 7 nitrogen and oxygen atoms in total. The first kappa shape index (κ1) is 19.4. The lowest BCUT2D eigenvalue weighted by Crippen LogP contribution is -2.44. The Morgan fingerprint density at radius 1 is 1.16 bits per heavy atom. The van der Waals surface area contributed by atoms with Crippen LogP contribution in [0, 0.1) is 5.92 Å². The van der Waals surface area contributed by atoms with E-state index in [2.05, 4.69) is 47.5 Å². The third-order valence-corrected chi connectivity index (χ3v) is 8.06. The third kappa shape index (κ3) is 3.99. The molecule has 0 aromatic carbocycles. The van der Waals surface area contributed by atoms with Gasteiger partial charge in [0.2, 0.25) is 5.91 Å². The van der Waals surface area contributed by atoms with Gasteiger partial charge in [-0.25, -0.2) is 9.29 Å². The van der Waals surface area contributed by atoms with Crippen molar-refractivity contribution < 1.29 is 4.79 Å². The molecule has 1 amide bonds. The number of pyridine rings is 1. The second-order valence-corrected chi connectivity index (χ2v) is 10.5. The Kier molecular flexibility index (Phi) is 4.99. The van der Waals surface area contributed by atoms with Gasteiger partial charge in [-0.05, 0) is 43.4 Å². The second kappa shape index (κ2) is 7.98. The molecule has 162 valence electrons. The zero-order valence-electron chi connectivity index (χ0n) is 17.6. The minimum atomic E-state index is 0.0741. The van der Waals surface area contributed by atoms with Crippen molar-refractivity contribution in [1.82, 2.24) is 24.1 Å². The molecule has 0 spiro atoms. The van der Waals surface area contributed by atoms with Gasteiger partial charge in [0.1, 0.15) is 11.5 Å². The van der Waals surface area contributed by atoms with Gasteiger partial charge in [-0.1, -0.05) is 31.2 Å². The van der Waals surface area contributed by atoms with E-state index in [-0.39, 0.29) is 11.8 Å². The van der Waals surface area contributed by atoms with Gasteiger partial charge < -0.3 is 10.3 Å². The summed E-state index contributed by atoms with van der Waals surface area (Å²) in [6.45, 7) is 2.11. The first-order valence-corrected chi connectivity index (χ1v) is 12.3. The van der Waals surface area contributed by atoms with Gasteiger partial charge in [0.15, 0.2) is 0 Å². The van der Waals surface area contributed by atoms with Crippen LogP contribution in [-0.4, -0.2) is 48.3 Å². The second-order valence-electron chi connectivity index (χ2n) is 9.13. The van der Waals surface area contributed by atoms with Gasteiger partial charge in [-0.3, -0.25) is 9.48 Å². The summed E-state index contributed by atoms with van der Waals surface area (Å²) in [5.41, 5.74) is 2.90. The van der Waals surface area contributed by atoms with E-state index in [1.807, 2.05) is 24.5 Å². The molecule has 8 heteroatoms. The molecule has 6 rings (SSSR count). The summed E-state index contributed by atoms with van der Waals surface area (Å²) in [7, 11) is 0. The predicted molar refractivity (Wildman–Crippen MR) is 124 cm³/mol. The summed E-state index contributed by atoms with van der Waals surface area (Å²) >= 11 is 2.07. The van der Waals surface area contributed by atoms with E-state index in [0.29, 0.717) is 11.9 Å². The largest absolute Gasteiger partial charge is 0.346 e. The third-order valence-electron chi connectivity index (χ3n) is 6.69. The normalized spacial score (nSPS) is 20.8. The smallest absolute Gasteiger partial charge is 0.228 e. The van der Waals surface area contributed by atoms with Gasteiger partial charge in [-0.15, -0.1) is 0 Å². The molecule has 3 aromatic heterocycles. The number of amides is 1. The number of rotatable bonds is 6. The molecule has 31 heavy (non-hydrogen) atoms.